The first-order chi connectivity index (χ1) is 13.6. The van der Waals surface area contributed by atoms with Crippen molar-refractivity contribution >= 4 is 26.7 Å². The van der Waals surface area contributed by atoms with Crippen LogP contribution < -0.4 is 15.7 Å². The van der Waals surface area contributed by atoms with E-state index in [1.165, 1.54) is 6.07 Å². The molecule has 2 N–H and O–H groups in total. The molecular weight excluding hydrogens is 388 g/mol. The highest BCUT2D eigenvalue weighted by molar-refractivity contribution is 7.89. The Bertz CT molecular complexity index is 1190. The average molecular weight is 415 g/mol. The highest BCUT2D eigenvalue weighted by Gasteiger charge is 2.22. The number of benzene rings is 2. The van der Waals surface area contributed by atoms with E-state index in [1.54, 1.807) is 45.0 Å². The lowest BCUT2D eigenvalue weighted by atomic mass is 10.1. The molecule has 0 spiro atoms. The van der Waals surface area contributed by atoms with Gasteiger partial charge in [0, 0.05) is 29.2 Å². The molecule has 3 aromatic rings. The highest BCUT2D eigenvalue weighted by Crippen LogP contribution is 2.22. The molecule has 7 heteroatoms. The predicted octanol–water partition coefficient (Wildman–Crippen LogP) is 4.04. The molecule has 0 saturated carbocycles. The van der Waals surface area contributed by atoms with Gasteiger partial charge in [0.05, 0.1) is 4.90 Å². The summed E-state index contributed by atoms with van der Waals surface area (Å²) in [4.78, 5) is 12.1. The van der Waals surface area contributed by atoms with Crippen LogP contribution in [0.1, 0.15) is 38.8 Å². The summed E-state index contributed by atoms with van der Waals surface area (Å²) in [5, 5.41) is 4.07. The molecule has 0 amide bonds. The van der Waals surface area contributed by atoms with Gasteiger partial charge in [0.1, 0.15) is 5.58 Å². The van der Waals surface area contributed by atoms with Gasteiger partial charge in [-0.25, -0.2) is 17.9 Å². The van der Waals surface area contributed by atoms with Gasteiger partial charge in [-0.05, 0) is 62.6 Å². The van der Waals surface area contributed by atoms with Gasteiger partial charge in [-0.15, -0.1) is 0 Å². The van der Waals surface area contributed by atoms with E-state index in [2.05, 4.69) is 10.0 Å². The Kier molecular flexibility index (Phi) is 5.82. The smallest absolute Gasteiger partial charge is 0.336 e. The van der Waals surface area contributed by atoms with Crippen molar-refractivity contribution in [3.63, 3.8) is 0 Å². The second-order valence-corrected chi connectivity index (χ2v) is 9.69. The minimum Gasteiger partial charge on any atom is -0.423 e. The molecule has 0 bridgehead atoms. The molecule has 0 unspecified atom stereocenters. The molecule has 0 saturated heterocycles. The Morgan fingerprint density at radius 3 is 2.48 bits per heavy atom. The maximum Gasteiger partial charge on any atom is 0.336 e. The summed E-state index contributed by atoms with van der Waals surface area (Å²) < 4.78 is 33.1. The normalized spacial score (nSPS) is 12.3. The second kappa shape index (κ2) is 8.00. The molecule has 29 heavy (non-hydrogen) atoms. The first kappa shape index (κ1) is 21.1. The molecule has 6 nitrogen and oxygen atoms in total. The van der Waals surface area contributed by atoms with Crippen LogP contribution in [-0.2, 0) is 23.0 Å². The Morgan fingerprint density at radius 1 is 1.03 bits per heavy atom. The van der Waals surface area contributed by atoms with E-state index in [-0.39, 0.29) is 4.90 Å². The molecule has 1 aromatic heterocycles. The average Bonchev–Trinajstić information content (AvgIpc) is 2.63. The first-order valence-electron chi connectivity index (χ1n) is 9.51. The molecule has 0 aliphatic carbocycles. The van der Waals surface area contributed by atoms with Gasteiger partial charge in [0.25, 0.3) is 0 Å². The fourth-order valence-electron chi connectivity index (χ4n) is 3.07. The summed E-state index contributed by atoms with van der Waals surface area (Å²) in [5.41, 5.74) is 2.10. The van der Waals surface area contributed by atoms with E-state index in [0.717, 1.165) is 22.9 Å². The summed E-state index contributed by atoms with van der Waals surface area (Å²) in [6.07, 6.45) is 0.853. The Hall–Kier alpha value is -2.64. The third-order valence-electron chi connectivity index (χ3n) is 4.37. The van der Waals surface area contributed by atoms with Gasteiger partial charge in [-0.3, -0.25) is 0 Å². The van der Waals surface area contributed by atoms with Crippen LogP contribution in [0.2, 0.25) is 0 Å². The molecule has 0 fully saturated rings. The molecular formula is C22H26N2O4S. The van der Waals surface area contributed by atoms with E-state index in [9.17, 15) is 13.2 Å². The number of rotatable bonds is 6. The fraction of sp³-hybridized carbons (Fsp3) is 0.318. The van der Waals surface area contributed by atoms with Crippen molar-refractivity contribution < 1.29 is 12.8 Å². The zero-order valence-corrected chi connectivity index (χ0v) is 17.9. The van der Waals surface area contributed by atoms with Crippen molar-refractivity contribution in [1.29, 1.82) is 0 Å². The van der Waals surface area contributed by atoms with E-state index in [1.807, 2.05) is 25.1 Å². The van der Waals surface area contributed by atoms with Crippen LogP contribution in [-0.4, -0.2) is 14.0 Å². The van der Waals surface area contributed by atoms with Crippen LogP contribution in [0, 0.1) is 0 Å². The summed E-state index contributed by atoms with van der Waals surface area (Å²) >= 11 is 0. The van der Waals surface area contributed by atoms with Gasteiger partial charge in [0.2, 0.25) is 10.0 Å². The van der Waals surface area contributed by atoms with E-state index >= 15 is 0 Å². The van der Waals surface area contributed by atoms with Crippen LogP contribution in [0.4, 0.5) is 5.69 Å². The maximum atomic E-state index is 12.6. The lowest BCUT2D eigenvalue weighted by Gasteiger charge is -2.20. The van der Waals surface area contributed by atoms with Crippen LogP contribution >= 0.6 is 0 Å². The number of hydrogen-bond acceptors (Lipinski definition) is 5. The number of fused-ring (bicyclic) bond motifs is 1. The number of aryl methyl sites for hydroxylation is 1. The van der Waals surface area contributed by atoms with Crippen molar-refractivity contribution in [3.05, 3.63) is 70.1 Å². The van der Waals surface area contributed by atoms with Crippen LogP contribution in [0.25, 0.3) is 11.0 Å². The van der Waals surface area contributed by atoms with Crippen LogP contribution in [0.15, 0.2) is 62.6 Å². The zero-order chi connectivity index (χ0) is 21.2. The molecule has 0 aliphatic heterocycles. The maximum absolute atomic E-state index is 12.6. The summed E-state index contributed by atoms with van der Waals surface area (Å²) in [6.45, 7) is 7.79. The predicted molar refractivity (Wildman–Crippen MR) is 116 cm³/mol. The standard InChI is InChI=1S/C22H26N2O4S/c1-5-15-9-10-19-16(12-21(25)28-20(19)11-15)14-23-17-7-6-8-18(13-17)29(26,27)24-22(2,3)4/h6-13,23-24H,5,14H2,1-4H3. The van der Waals surface area contributed by atoms with Crippen LogP contribution in [0.3, 0.4) is 0 Å². The quantitative estimate of drug-likeness (QED) is 0.594. The van der Waals surface area contributed by atoms with Crippen molar-refractivity contribution in [1.82, 2.24) is 4.72 Å². The number of sulfonamides is 1. The minimum absolute atomic E-state index is 0.183. The van der Waals surface area contributed by atoms with Gasteiger partial charge in [0.15, 0.2) is 0 Å². The van der Waals surface area contributed by atoms with Crippen molar-refractivity contribution in [2.24, 2.45) is 0 Å². The third kappa shape index (κ3) is 5.25. The number of hydrogen-bond donors (Lipinski definition) is 2. The van der Waals surface area contributed by atoms with Gasteiger partial charge < -0.3 is 9.73 Å². The third-order valence-corrected chi connectivity index (χ3v) is 6.13. The summed E-state index contributed by atoms with van der Waals surface area (Å²) in [5.74, 6) is 0. The molecule has 0 aliphatic rings. The molecule has 0 atom stereocenters. The molecule has 2 aromatic carbocycles. The summed E-state index contributed by atoms with van der Waals surface area (Å²) in [7, 11) is -3.63. The van der Waals surface area contributed by atoms with E-state index in [4.69, 9.17) is 4.42 Å². The van der Waals surface area contributed by atoms with E-state index < -0.39 is 21.2 Å². The SMILES string of the molecule is CCc1ccc2c(CNc3cccc(S(=O)(=O)NC(C)(C)C)c3)cc(=O)oc2c1. The van der Waals surface area contributed by atoms with Gasteiger partial charge in [-0.2, -0.15) is 0 Å². The van der Waals surface area contributed by atoms with E-state index in [0.29, 0.717) is 17.8 Å². The Labute approximate surface area is 171 Å². The molecule has 0 radical (unpaired) electrons. The Morgan fingerprint density at radius 2 is 1.79 bits per heavy atom. The molecule has 3 rings (SSSR count). The molecule has 154 valence electrons. The van der Waals surface area contributed by atoms with Crippen molar-refractivity contribution in [2.75, 3.05) is 5.32 Å². The van der Waals surface area contributed by atoms with Crippen molar-refractivity contribution in [3.8, 4) is 0 Å². The fourth-order valence-corrected chi connectivity index (χ4v) is 4.54. The second-order valence-electron chi connectivity index (χ2n) is 8.01. The highest BCUT2D eigenvalue weighted by atomic mass is 32.2. The van der Waals surface area contributed by atoms with Crippen LogP contribution in [0.5, 0.6) is 0 Å². The largest absolute Gasteiger partial charge is 0.423 e. The summed E-state index contributed by atoms with van der Waals surface area (Å²) in [6, 6.07) is 13.9. The minimum atomic E-state index is -3.63. The van der Waals surface area contributed by atoms with Gasteiger partial charge in [-0.1, -0.05) is 25.1 Å². The monoisotopic (exact) mass is 414 g/mol. The lowest BCUT2D eigenvalue weighted by Crippen LogP contribution is -2.40. The first-order valence-corrected chi connectivity index (χ1v) is 11.0. The van der Waals surface area contributed by atoms with Crippen molar-refractivity contribution in [2.45, 2.75) is 51.1 Å². The number of anilines is 1. The lowest BCUT2D eigenvalue weighted by molar-refractivity contribution is 0.491. The number of nitrogens with one attached hydrogen (secondary N) is 2. The molecule has 1 heterocycles. The van der Waals surface area contributed by atoms with Gasteiger partial charge >= 0.3 is 5.63 Å². The topological polar surface area (TPSA) is 88.4 Å². The Balaban J connectivity index is 1.87. The zero-order valence-electron chi connectivity index (χ0n) is 17.1.